The van der Waals surface area contributed by atoms with E-state index in [1.807, 2.05) is 4.40 Å². The van der Waals surface area contributed by atoms with Crippen molar-refractivity contribution in [3.63, 3.8) is 0 Å². The largest absolute Gasteiger partial charge is 0.387 e. The number of aliphatic hydroxyl groups is 1. The average Bonchev–Trinajstić information content (AvgIpc) is 2.89. The fraction of sp³-hybridized carbons (Fsp3) is 0.500. The predicted molar refractivity (Wildman–Crippen MR) is 78.9 cm³/mol. The lowest BCUT2D eigenvalue weighted by atomic mass is 9.92. The summed E-state index contributed by atoms with van der Waals surface area (Å²) >= 11 is 12.3. The highest BCUT2D eigenvalue weighted by Crippen LogP contribution is 2.34. The second-order valence-electron chi connectivity index (χ2n) is 4.78. The Labute approximate surface area is 123 Å². The number of rotatable bonds is 5. The molecule has 0 aliphatic rings. The van der Waals surface area contributed by atoms with Gasteiger partial charge in [0.1, 0.15) is 0 Å². The standard InChI is InChI=1S/C14H18Cl2N2O/c1-3-5-9(4-2)14(19)11-6-10(15)13(16)12-7-17-8-18(11)12/h6-9,14,19H,3-5H2,1-2H3. The molecule has 3 nitrogen and oxygen atoms in total. The smallest absolute Gasteiger partial charge is 0.0995 e. The van der Waals surface area contributed by atoms with Crippen LogP contribution >= 0.6 is 23.2 Å². The SMILES string of the molecule is CCCC(CC)C(O)c1cc(Cl)c(Cl)c2cncn12. The van der Waals surface area contributed by atoms with Crippen LogP contribution in [-0.4, -0.2) is 14.5 Å². The van der Waals surface area contributed by atoms with Crippen LogP contribution in [0, 0.1) is 5.92 Å². The molecule has 2 aromatic heterocycles. The van der Waals surface area contributed by atoms with Gasteiger partial charge in [-0.2, -0.15) is 0 Å². The molecule has 0 fully saturated rings. The fourth-order valence-electron chi connectivity index (χ4n) is 2.47. The summed E-state index contributed by atoms with van der Waals surface area (Å²) in [5, 5.41) is 11.5. The molecular weight excluding hydrogens is 283 g/mol. The van der Waals surface area contributed by atoms with E-state index in [-0.39, 0.29) is 5.92 Å². The molecule has 0 saturated carbocycles. The zero-order valence-corrected chi connectivity index (χ0v) is 12.6. The van der Waals surface area contributed by atoms with Crippen molar-refractivity contribution in [1.82, 2.24) is 9.38 Å². The van der Waals surface area contributed by atoms with Crippen LogP contribution in [-0.2, 0) is 0 Å². The number of hydrogen-bond donors (Lipinski definition) is 1. The number of hydrogen-bond acceptors (Lipinski definition) is 2. The Balaban J connectivity index is 2.49. The summed E-state index contributed by atoms with van der Waals surface area (Å²) in [5.74, 6) is 0.216. The van der Waals surface area contributed by atoms with Crippen LogP contribution in [0.25, 0.3) is 5.52 Å². The molecule has 0 aliphatic heterocycles. The van der Waals surface area contributed by atoms with Crippen molar-refractivity contribution in [3.05, 3.63) is 34.3 Å². The maximum absolute atomic E-state index is 10.6. The van der Waals surface area contributed by atoms with Gasteiger partial charge in [-0.25, -0.2) is 4.98 Å². The first-order valence-corrected chi connectivity index (χ1v) is 7.33. The highest BCUT2D eigenvalue weighted by molar-refractivity contribution is 6.44. The summed E-state index contributed by atoms with van der Waals surface area (Å²) in [6.07, 6.45) is 5.71. The van der Waals surface area contributed by atoms with Crippen molar-refractivity contribution in [2.75, 3.05) is 0 Å². The number of fused-ring (bicyclic) bond motifs is 1. The number of nitrogens with zero attached hydrogens (tertiary/aromatic N) is 2. The lowest BCUT2D eigenvalue weighted by molar-refractivity contribution is 0.0947. The van der Waals surface area contributed by atoms with E-state index >= 15 is 0 Å². The lowest BCUT2D eigenvalue weighted by Gasteiger charge is -2.23. The van der Waals surface area contributed by atoms with Crippen LogP contribution in [0.5, 0.6) is 0 Å². The minimum atomic E-state index is -0.559. The fourth-order valence-corrected chi connectivity index (χ4v) is 2.88. The molecule has 104 valence electrons. The van der Waals surface area contributed by atoms with Crippen molar-refractivity contribution >= 4 is 28.7 Å². The van der Waals surface area contributed by atoms with Crippen LogP contribution in [0.2, 0.25) is 10.0 Å². The summed E-state index contributed by atoms with van der Waals surface area (Å²) in [4.78, 5) is 4.09. The molecule has 19 heavy (non-hydrogen) atoms. The summed E-state index contributed by atoms with van der Waals surface area (Å²) in [6.45, 7) is 4.21. The number of aliphatic hydroxyl groups excluding tert-OH is 1. The molecule has 0 aromatic carbocycles. The number of pyridine rings is 1. The second-order valence-corrected chi connectivity index (χ2v) is 5.57. The maximum atomic E-state index is 10.6. The topological polar surface area (TPSA) is 37.5 Å². The molecule has 0 spiro atoms. The van der Waals surface area contributed by atoms with E-state index in [9.17, 15) is 5.11 Å². The van der Waals surface area contributed by atoms with Crippen LogP contribution in [0.4, 0.5) is 0 Å². The molecule has 0 bridgehead atoms. The van der Waals surface area contributed by atoms with E-state index in [0.717, 1.165) is 30.5 Å². The van der Waals surface area contributed by atoms with E-state index in [0.29, 0.717) is 10.0 Å². The van der Waals surface area contributed by atoms with Gasteiger partial charge in [0.15, 0.2) is 0 Å². The third-order valence-electron chi connectivity index (χ3n) is 3.56. The van der Waals surface area contributed by atoms with Gasteiger partial charge in [-0.1, -0.05) is 49.9 Å². The second kappa shape index (κ2) is 6.12. The Morgan fingerprint density at radius 2 is 2.11 bits per heavy atom. The summed E-state index contributed by atoms with van der Waals surface area (Å²) in [5.41, 5.74) is 1.48. The Morgan fingerprint density at radius 3 is 2.74 bits per heavy atom. The van der Waals surface area contributed by atoms with Gasteiger partial charge in [0.05, 0.1) is 39.9 Å². The maximum Gasteiger partial charge on any atom is 0.0995 e. The third-order valence-corrected chi connectivity index (χ3v) is 4.35. The molecule has 1 N–H and O–H groups in total. The zero-order valence-electron chi connectivity index (χ0n) is 11.1. The van der Waals surface area contributed by atoms with Crippen molar-refractivity contribution < 1.29 is 5.11 Å². The van der Waals surface area contributed by atoms with E-state index in [1.165, 1.54) is 0 Å². The first-order valence-electron chi connectivity index (χ1n) is 6.58. The van der Waals surface area contributed by atoms with Crippen molar-refractivity contribution in [2.45, 2.75) is 39.2 Å². The van der Waals surface area contributed by atoms with Crippen molar-refractivity contribution in [2.24, 2.45) is 5.92 Å². The highest BCUT2D eigenvalue weighted by Gasteiger charge is 2.22. The molecule has 2 aromatic rings. The molecule has 0 radical (unpaired) electrons. The van der Waals surface area contributed by atoms with E-state index in [4.69, 9.17) is 23.2 Å². The Hall–Kier alpha value is -0.770. The van der Waals surface area contributed by atoms with Gasteiger partial charge in [-0.05, 0) is 18.4 Å². The van der Waals surface area contributed by atoms with Gasteiger partial charge in [-0.15, -0.1) is 0 Å². The van der Waals surface area contributed by atoms with Gasteiger partial charge < -0.3 is 5.11 Å². The molecule has 0 aliphatic carbocycles. The Bertz CT molecular complexity index is 568. The number of aromatic nitrogens is 2. The lowest BCUT2D eigenvalue weighted by Crippen LogP contribution is -2.15. The minimum Gasteiger partial charge on any atom is -0.387 e. The molecular formula is C14H18Cl2N2O. The van der Waals surface area contributed by atoms with Gasteiger partial charge >= 0.3 is 0 Å². The van der Waals surface area contributed by atoms with E-state index in [1.54, 1.807) is 18.6 Å². The molecule has 0 saturated heterocycles. The number of imidazole rings is 1. The Morgan fingerprint density at radius 1 is 1.37 bits per heavy atom. The highest BCUT2D eigenvalue weighted by atomic mass is 35.5. The summed E-state index contributed by atoms with van der Waals surface area (Å²) in [6, 6.07) is 1.74. The zero-order chi connectivity index (χ0) is 14.0. The van der Waals surface area contributed by atoms with E-state index < -0.39 is 6.10 Å². The molecule has 2 atom stereocenters. The first kappa shape index (κ1) is 14.6. The Kier molecular flexibility index (Phi) is 4.71. The molecule has 2 rings (SSSR count). The van der Waals surface area contributed by atoms with Crippen molar-refractivity contribution in [3.8, 4) is 0 Å². The first-order chi connectivity index (χ1) is 9.10. The normalized spacial score (nSPS) is 14.8. The van der Waals surface area contributed by atoms with Gasteiger partial charge in [-0.3, -0.25) is 4.40 Å². The average molecular weight is 301 g/mol. The van der Waals surface area contributed by atoms with E-state index in [2.05, 4.69) is 18.8 Å². The number of halogens is 2. The van der Waals surface area contributed by atoms with Crippen LogP contribution in [0.15, 0.2) is 18.6 Å². The van der Waals surface area contributed by atoms with Crippen LogP contribution in [0.3, 0.4) is 0 Å². The summed E-state index contributed by atoms with van der Waals surface area (Å²) < 4.78 is 1.82. The summed E-state index contributed by atoms with van der Waals surface area (Å²) in [7, 11) is 0. The minimum absolute atomic E-state index is 0.216. The van der Waals surface area contributed by atoms with Gasteiger partial charge in [0.2, 0.25) is 0 Å². The van der Waals surface area contributed by atoms with Crippen LogP contribution in [0.1, 0.15) is 44.9 Å². The molecule has 2 unspecified atom stereocenters. The molecule has 2 heterocycles. The third kappa shape index (κ3) is 2.73. The van der Waals surface area contributed by atoms with Crippen molar-refractivity contribution in [1.29, 1.82) is 0 Å². The quantitative estimate of drug-likeness (QED) is 0.883. The van der Waals surface area contributed by atoms with Gasteiger partial charge in [0, 0.05) is 0 Å². The van der Waals surface area contributed by atoms with Crippen LogP contribution < -0.4 is 0 Å². The molecule has 5 heteroatoms. The van der Waals surface area contributed by atoms with Gasteiger partial charge in [0.25, 0.3) is 0 Å². The molecule has 0 amide bonds. The predicted octanol–water partition coefficient (Wildman–Crippen LogP) is 4.50. The monoisotopic (exact) mass is 300 g/mol.